The van der Waals surface area contributed by atoms with Crippen molar-refractivity contribution < 1.29 is 0 Å². The average Bonchev–Trinajstić information content (AvgIpc) is 2.37. The minimum absolute atomic E-state index is 0.380. The normalized spacial score (nSPS) is 21.7. The van der Waals surface area contributed by atoms with Crippen LogP contribution in [0.1, 0.15) is 13.8 Å². The highest BCUT2D eigenvalue weighted by Crippen LogP contribution is 2.10. The Bertz CT molecular complexity index is 364. The van der Waals surface area contributed by atoms with Gasteiger partial charge >= 0.3 is 0 Å². The molecule has 1 atom stereocenters. The summed E-state index contributed by atoms with van der Waals surface area (Å²) >= 11 is 0. The zero-order valence-electron chi connectivity index (χ0n) is 12.0. The van der Waals surface area contributed by atoms with Crippen LogP contribution in [-0.4, -0.2) is 61.3 Å². The van der Waals surface area contributed by atoms with Gasteiger partial charge in [-0.15, -0.1) is 0 Å². The molecule has 0 amide bonds. The average molecular weight is 264 g/mol. The standard InChI is InChI=1S/C14H24N4O/c1-12(2)15-9-13(3)10-18-8-7-17(6-5-16-19)11-14(18)4/h9,14H,1,3,5-8,10-11H2,2,4H3. The predicted molar refractivity (Wildman–Crippen MR) is 80.6 cm³/mol. The molecular weight excluding hydrogens is 240 g/mol. The Morgan fingerprint density at radius 1 is 1.42 bits per heavy atom. The Morgan fingerprint density at radius 3 is 2.74 bits per heavy atom. The van der Waals surface area contributed by atoms with Gasteiger partial charge in [-0.2, -0.15) is 4.91 Å². The molecule has 5 heteroatoms. The van der Waals surface area contributed by atoms with E-state index in [1.165, 1.54) is 0 Å². The SMILES string of the molecule is C=C(C=NC(=C)C)CN1CCN(CCN=O)CC1C. The van der Waals surface area contributed by atoms with E-state index in [-0.39, 0.29) is 0 Å². The Morgan fingerprint density at radius 2 is 2.16 bits per heavy atom. The van der Waals surface area contributed by atoms with Crippen LogP contribution in [-0.2, 0) is 0 Å². The van der Waals surface area contributed by atoms with Gasteiger partial charge in [-0.05, 0) is 19.4 Å². The number of nitrogens with zero attached hydrogens (tertiary/aromatic N) is 4. The summed E-state index contributed by atoms with van der Waals surface area (Å²) in [7, 11) is 0. The van der Waals surface area contributed by atoms with Gasteiger partial charge in [0.1, 0.15) is 0 Å². The zero-order valence-corrected chi connectivity index (χ0v) is 12.0. The van der Waals surface area contributed by atoms with Crippen molar-refractivity contribution in [3.05, 3.63) is 29.3 Å². The maximum Gasteiger partial charge on any atom is 0.0938 e. The minimum Gasteiger partial charge on any atom is -0.299 e. The van der Waals surface area contributed by atoms with Crippen LogP contribution in [0.5, 0.6) is 0 Å². The lowest BCUT2D eigenvalue weighted by Crippen LogP contribution is -2.52. The molecule has 0 bridgehead atoms. The van der Waals surface area contributed by atoms with Crippen molar-refractivity contribution in [2.45, 2.75) is 19.9 Å². The maximum atomic E-state index is 10.1. The summed E-state index contributed by atoms with van der Waals surface area (Å²) in [5.41, 5.74) is 1.79. The fourth-order valence-corrected chi connectivity index (χ4v) is 2.19. The molecule has 1 rings (SSSR count). The van der Waals surface area contributed by atoms with E-state index in [1.807, 2.05) is 6.92 Å². The second kappa shape index (κ2) is 7.96. The third-order valence-corrected chi connectivity index (χ3v) is 3.23. The van der Waals surface area contributed by atoms with Crippen LogP contribution < -0.4 is 0 Å². The number of rotatable bonds is 7. The van der Waals surface area contributed by atoms with Gasteiger partial charge in [0.15, 0.2) is 0 Å². The molecule has 1 unspecified atom stereocenters. The molecule has 0 N–H and O–H groups in total. The van der Waals surface area contributed by atoms with E-state index in [0.717, 1.165) is 44.0 Å². The lowest BCUT2D eigenvalue weighted by atomic mass is 10.1. The van der Waals surface area contributed by atoms with Crippen molar-refractivity contribution in [3.8, 4) is 0 Å². The van der Waals surface area contributed by atoms with Crippen LogP contribution in [0.3, 0.4) is 0 Å². The molecule has 0 aromatic carbocycles. The summed E-state index contributed by atoms with van der Waals surface area (Å²) in [6.45, 7) is 16.7. The monoisotopic (exact) mass is 264 g/mol. The molecule has 1 saturated heterocycles. The molecule has 0 radical (unpaired) electrons. The topological polar surface area (TPSA) is 48.3 Å². The lowest BCUT2D eigenvalue weighted by molar-refractivity contribution is 0.0946. The molecule has 0 aromatic heterocycles. The summed E-state index contributed by atoms with van der Waals surface area (Å²) in [6, 6.07) is 0.454. The van der Waals surface area contributed by atoms with Gasteiger partial charge in [-0.1, -0.05) is 18.3 Å². The molecule has 0 aliphatic carbocycles. The van der Waals surface area contributed by atoms with Crippen molar-refractivity contribution in [3.63, 3.8) is 0 Å². The molecule has 0 aromatic rings. The molecule has 0 saturated carbocycles. The largest absolute Gasteiger partial charge is 0.299 e. The van der Waals surface area contributed by atoms with Crippen molar-refractivity contribution in [2.75, 3.05) is 39.3 Å². The highest BCUT2D eigenvalue weighted by Gasteiger charge is 2.23. The maximum absolute atomic E-state index is 10.1. The van der Waals surface area contributed by atoms with Crippen LogP contribution in [0.2, 0.25) is 0 Å². The fraction of sp³-hybridized carbons (Fsp3) is 0.643. The second-order valence-corrected chi connectivity index (χ2v) is 5.12. The van der Waals surface area contributed by atoms with Crippen molar-refractivity contribution in [2.24, 2.45) is 10.2 Å². The highest BCUT2D eigenvalue weighted by atomic mass is 16.3. The third-order valence-electron chi connectivity index (χ3n) is 3.23. The van der Waals surface area contributed by atoms with Crippen LogP contribution in [0, 0.1) is 4.91 Å². The number of allylic oxidation sites excluding steroid dienone is 1. The van der Waals surface area contributed by atoms with E-state index >= 15 is 0 Å². The Labute approximate surface area is 115 Å². The predicted octanol–water partition coefficient (Wildman–Crippen LogP) is 1.92. The summed E-state index contributed by atoms with van der Waals surface area (Å²) in [5, 5.41) is 2.92. The molecular formula is C14H24N4O. The number of piperazine rings is 1. The fourth-order valence-electron chi connectivity index (χ4n) is 2.19. The molecule has 1 heterocycles. The van der Waals surface area contributed by atoms with Crippen LogP contribution >= 0.6 is 0 Å². The van der Waals surface area contributed by atoms with Gasteiger partial charge in [-0.3, -0.25) is 14.8 Å². The van der Waals surface area contributed by atoms with Crippen LogP contribution in [0.4, 0.5) is 0 Å². The van der Waals surface area contributed by atoms with Crippen molar-refractivity contribution >= 4 is 6.21 Å². The zero-order chi connectivity index (χ0) is 14.3. The summed E-state index contributed by atoms with van der Waals surface area (Å²) < 4.78 is 0. The number of aliphatic imine (C=N–C) groups is 1. The Kier molecular flexibility index (Phi) is 6.59. The van der Waals surface area contributed by atoms with Crippen molar-refractivity contribution in [1.29, 1.82) is 0 Å². The molecule has 0 spiro atoms. The smallest absolute Gasteiger partial charge is 0.0938 e. The quantitative estimate of drug-likeness (QED) is 0.521. The van der Waals surface area contributed by atoms with E-state index in [1.54, 1.807) is 6.21 Å². The second-order valence-electron chi connectivity index (χ2n) is 5.12. The summed E-state index contributed by atoms with van der Waals surface area (Å²) in [6.07, 6.45) is 1.79. The van der Waals surface area contributed by atoms with Gasteiger partial charge in [0, 0.05) is 50.7 Å². The molecule has 19 heavy (non-hydrogen) atoms. The van der Waals surface area contributed by atoms with E-state index in [0.29, 0.717) is 12.6 Å². The first-order chi connectivity index (χ1) is 9.02. The number of nitroso groups, excluding NO2 is 1. The third kappa shape index (κ3) is 5.89. The van der Waals surface area contributed by atoms with Gasteiger partial charge < -0.3 is 0 Å². The van der Waals surface area contributed by atoms with E-state index in [9.17, 15) is 4.91 Å². The van der Waals surface area contributed by atoms with Crippen LogP contribution in [0.15, 0.2) is 34.6 Å². The first kappa shape index (κ1) is 15.7. The number of hydrogen-bond donors (Lipinski definition) is 0. The van der Waals surface area contributed by atoms with E-state index < -0.39 is 0 Å². The number of hydrogen-bond acceptors (Lipinski definition) is 5. The Balaban J connectivity index is 2.39. The molecule has 1 aliphatic heterocycles. The summed E-state index contributed by atoms with van der Waals surface area (Å²) in [5.74, 6) is 0. The Hall–Kier alpha value is -1.33. The van der Waals surface area contributed by atoms with Gasteiger partial charge in [0.25, 0.3) is 0 Å². The van der Waals surface area contributed by atoms with Gasteiger partial charge in [0.2, 0.25) is 0 Å². The molecule has 5 nitrogen and oxygen atoms in total. The first-order valence-electron chi connectivity index (χ1n) is 6.65. The van der Waals surface area contributed by atoms with E-state index in [2.05, 4.69) is 40.1 Å². The van der Waals surface area contributed by atoms with Gasteiger partial charge in [-0.25, -0.2) is 0 Å². The first-order valence-corrected chi connectivity index (χ1v) is 6.65. The van der Waals surface area contributed by atoms with Crippen molar-refractivity contribution in [1.82, 2.24) is 9.80 Å². The van der Waals surface area contributed by atoms with Crippen LogP contribution in [0.25, 0.3) is 0 Å². The molecule has 1 fully saturated rings. The lowest BCUT2D eigenvalue weighted by Gasteiger charge is -2.39. The summed E-state index contributed by atoms with van der Waals surface area (Å²) in [4.78, 5) is 19.0. The molecule has 106 valence electrons. The highest BCUT2D eigenvalue weighted by molar-refractivity contribution is 5.78. The van der Waals surface area contributed by atoms with Gasteiger partial charge in [0.05, 0.1) is 6.54 Å². The van der Waals surface area contributed by atoms with E-state index in [4.69, 9.17) is 0 Å². The molecule has 1 aliphatic rings. The minimum atomic E-state index is 0.380.